The van der Waals surface area contributed by atoms with E-state index in [0.717, 1.165) is 12.1 Å². The highest BCUT2D eigenvalue weighted by atomic mass is 19.1. The monoisotopic (exact) mass is 255 g/mol. The number of ether oxygens (including phenoxy) is 1. The van der Waals surface area contributed by atoms with E-state index in [1.165, 1.54) is 19.1 Å². The highest BCUT2D eigenvalue weighted by Crippen LogP contribution is 2.32. The van der Waals surface area contributed by atoms with Gasteiger partial charge in [-0.3, -0.25) is 0 Å². The molecular weight excluding hydrogens is 236 g/mol. The van der Waals surface area contributed by atoms with Crippen molar-refractivity contribution >= 4 is 0 Å². The quantitative estimate of drug-likeness (QED) is 0.896. The summed E-state index contributed by atoms with van der Waals surface area (Å²) in [5.41, 5.74) is -0.417. The molecule has 2 rings (SSSR count). The van der Waals surface area contributed by atoms with Gasteiger partial charge in [0.15, 0.2) is 0 Å². The lowest BCUT2D eigenvalue weighted by Gasteiger charge is -2.30. The maximum atomic E-state index is 14.7. The molecule has 0 amide bonds. The smallest absolute Gasteiger partial charge is 0.134 e. The second-order valence-corrected chi connectivity index (χ2v) is 5.14. The lowest BCUT2D eigenvalue weighted by atomic mass is 9.89. The van der Waals surface area contributed by atoms with Gasteiger partial charge in [-0.2, -0.15) is 0 Å². The molecule has 0 radical (unpaired) electrons. The van der Waals surface area contributed by atoms with Gasteiger partial charge in [0, 0.05) is 19.0 Å². The number of alkyl halides is 1. The van der Waals surface area contributed by atoms with Crippen molar-refractivity contribution < 1.29 is 13.5 Å². The molecule has 1 N–H and O–H groups in total. The van der Waals surface area contributed by atoms with Gasteiger partial charge < -0.3 is 10.1 Å². The first-order chi connectivity index (χ1) is 8.47. The maximum Gasteiger partial charge on any atom is 0.134 e. The average Bonchev–Trinajstić information content (AvgIpc) is 2.28. The van der Waals surface area contributed by atoms with Gasteiger partial charge in [-0.15, -0.1) is 0 Å². The van der Waals surface area contributed by atoms with Crippen LogP contribution in [0.4, 0.5) is 8.78 Å². The fourth-order valence-corrected chi connectivity index (χ4v) is 2.37. The lowest BCUT2D eigenvalue weighted by molar-refractivity contribution is 0.0473. The van der Waals surface area contributed by atoms with Crippen LogP contribution < -0.4 is 5.32 Å². The number of hydrogen-bond donors (Lipinski definition) is 1. The first kappa shape index (κ1) is 13.4. The normalized spacial score (nSPS) is 23.7. The Balaban J connectivity index is 2.13. The Morgan fingerprint density at radius 3 is 2.83 bits per heavy atom. The first-order valence-electron chi connectivity index (χ1n) is 6.25. The zero-order chi connectivity index (χ0) is 13.2. The van der Waals surface area contributed by atoms with Crippen molar-refractivity contribution in [2.75, 3.05) is 19.8 Å². The molecule has 2 nitrogen and oxygen atoms in total. The fraction of sp³-hybridized carbons (Fsp3) is 0.571. The Morgan fingerprint density at radius 1 is 1.44 bits per heavy atom. The Labute approximate surface area is 106 Å². The van der Waals surface area contributed by atoms with E-state index >= 15 is 0 Å². The summed E-state index contributed by atoms with van der Waals surface area (Å²) >= 11 is 0. The van der Waals surface area contributed by atoms with Crippen LogP contribution in [0.3, 0.4) is 0 Å². The molecule has 2 atom stereocenters. The second-order valence-electron chi connectivity index (χ2n) is 5.14. The van der Waals surface area contributed by atoms with E-state index in [2.05, 4.69) is 5.32 Å². The van der Waals surface area contributed by atoms with Gasteiger partial charge in [0.2, 0.25) is 0 Å². The van der Waals surface area contributed by atoms with E-state index in [4.69, 9.17) is 4.74 Å². The highest BCUT2D eigenvalue weighted by Gasteiger charge is 2.31. The van der Waals surface area contributed by atoms with Gasteiger partial charge in [-0.25, -0.2) is 8.78 Å². The summed E-state index contributed by atoms with van der Waals surface area (Å²) in [4.78, 5) is 0. The number of rotatable bonds is 3. The molecule has 18 heavy (non-hydrogen) atoms. The largest absolute Gasteiger partial charge is 0.379 e. The Morgan fingerprint density at radius 2 is 2.22 bits per heavy atom. The molecule has 0 bridgehead atoms. The summed E-state index contributed by atoms with van der Waals surface area (Å²) in [5.74, 6) is -0.387. The summed E-state index contributed by atoms with van der Waals surface area (Å²) in [7, 11) is 0. The minimum atomic E-state index is -1.55. The van der Waals surface area contributed by atoms with Gasteiger partial charge in [-0.1, -0.05) is 6.07 Å². The minimum absolute atomic E-state index is 0.0164. The van der Waals surface area contributed by atoms with Gasteiger partial charge in [-0.05, 0) is 37.1 Å². The van der Waals surface area contributed by atoms with E-state index in [0.29, 0.717) is 18.8 Å². The zero-order valence-corrected chi connectivity index (χ0v) is 10.8. The Hall–Kier alpha value is -1.00. The van der Waals surface area contributed by atoms with Gasteiger partial charge in [0.1, 0.15) is 11.5 Å². The molecule has 0 spiro atoms. The van der Waals surface area contributed by atoms with Gasteiger partial charge in [0.05, 0.1) is 13.2 Å². The van der Waals surface area contributed by atoms with E-state index in [1.807, 2.05) is 0 Å². The predicted octanol–water partition coefficient (Wildman–Crippen LogP) is 2.70. The minimum Gasteiger partial charge on any atom is -0.379 e. The van der Waals surface area contributed by atoms with Crippen LogP contribution in [0.1, 0.15) is 24.5 Å². The standard InChI is InChI=1S/C14H19F2NO/c1-10-5-11(7-12(15)6-10)14(2,16)8-13-9-18-4-3-17-13/h5-7,13,17H,3-4,8-9H2,1-2H3. The predicted molar refractivity (Wildman–Crippen MR) is 66.8 cm³/mol. The van der Waals surface area contributed by atoms with Crippen LogP contribution in [-0.4, -0.2) is 25.8 Å². The van der Waals surface area contributed by atoms with Crippen LogP contribution in [0.25, 0.3) is 0 Å². The van der Waals surface area contributed by atoms with E-state index in [-0.39, 0.29) is 18.3 Å². The van der Waals surface area contributed by atoms with Crippen molar-refractivity contribution in [2.45, 2.75) is 32.0 Å². The Bertz CT molecular complexity index is 394. The molecule has 1 fully saturated rings. The first-order valence-corrected chi connectivity index (χ1v) is 6.25. The number of halogens is 2. The molecule has 1 heterocycles. The SMILES string of the molecule is Cc1cc(F)cc(C(C)(F)CC2COCCN2)c1. The third kappa shape index (κ3) is 3.27. The second kappa shape index (κ2) is 5.33. The molecule has 1 aromatic rings. The molecular formula is C14H19F2NO. The molecule has 2 unspecified atom stereocenters. The summed E-state index contributed by atoms with van der Waals surface area (Å²) < 4.78 is 33.3. The van der Waals surface area contributed by atoms with Crippen LogP contribution in [-0.2, 0) is 10.4 Å². The number of nitrogens with one attached hydrogen (secondary N) is 1. The zero-order valence-electron chi connectivity index (χ0n) is 10.8. The molecule has 1 aromatic carbocycles. The molecule has 1 aliphatic rings. The fourth-order valence-electron chi connectivity index (χ4n) is 2.37. The van der Waals surface area contributed by atoms with Crippen LogP contribution in [0, 0.1) is 12.7 Å². The van der Waals surface area contributed by atoms with Gasteiger partial charge >= 0.3 is 0 Å². The van der Waals surface area contributed by atoms with E-state index in [1.54, 1.807) is 13.0 Å². The van der Waals surface area contributed by atoms with Crippen molar-refractivity contribution in [3.8, 4) is 0 Å². The summed E-state index contributed by atoms with van der Waals surface area (Å²) in [6.45, 7) is 5.18. The van der Waals surface area contributed by atoms with Crippen molar-refractivity contribution in [2.24, 2.45) is 0 Å². The topological polar surface area (TPSA) is 21.3 Å². The maximum absolute atomic E-state index is 14.7. The summed E-state index contributed by atoms with van der Waals surface area (Å²) in [6.07, 6.45) is 0.288. The molecule has 0 aliphatic carbocycles. The molecule has 1 aliphatic heterocycles. The Kier molecular flexibility index (Phi) is 3.97. The average molecular weight is 255 g/mol. The van der Waals surface area contributed by atoms with Crippen molar-refractivity contribution in [1.82, 2.24) is 5.32 Å². The number of aryl methyl sites for hydroxylation is 1. The van der Waals surface area contributed by atoms with Gasteiger partial charge in [0.25, 0.3) is 0 Å². The van der Waals surface area contributed by atoms with E-state index in [9.17, 15) is 8.78 Å². The van der Waals surface area contributed by atoms with Crippen molar-refractivity contribution in [1.29, 1.82) is 0 Å². The van der Waals surface area contributed by atoms with Crippen molar-refractivity contribution in [3.63, 3.8) is 0 Å². The molecule has 100 valence electrons. The number of benzene rings is 1. The molecule has 4 heteroatoms. The third-order valence-corrected chi connectivity index (χ3v) is 3.27. The summed E-state index contributed by atoms with van der Waals surface area (Å²) in [6, 6.07) is 4.36. The van der Waals surface area contributed by atoms with Crippen LogP contribution in [0.2, 0.25) is 0 Å². The summed E-state index contributed by atoms with van der Waals surface area (Å²) in [5, 5.41) is 3.22. The number of hydrogen-bond acceptors (Lipinski definition) is 2. The molecule has 1 saturated heterocycles. The van der Waals surface area contributed by atoms with Crippen LogP contribution in [0.5, 0.6) is 0 Å². The van der Waals surface area contributed by atoms with Crippen LogP contribution >= 0.6 is 0 Å². The molecule has 0 aromatic heterocycles. The number of morpholine rings is 1. The highest BCUT2D eigenvalue weighted by molar-refractivity contribution is 5.28. The lowest BCUT2D eigenvalue weighted by Crippen LogP contribution is -2.44. The third-order valence-electron chi connectivity index (χ3n) is 3.27. The van der Waals surface area contributed by atoms with Crippen molar-refractivity contribution in [3.05, 3.63) is 35.1 Å². The molecule has 0 saturated carbocycles. The van der Waals surface area contributed by atoms with Crippen LogP contribution in [0.15, 0.2) is 18.2 Å². The van der Waals surface area contributed by atoms with E-state index < -0.39 is 5.67 Å².